The molecule has 0 radical (unpaired) electrons. The van der Waals surface area contributed by atoms with Gasteiger partial charge in [0.1, 0.15) is 6.29 Å². The minimum Gasteiger partial charge on any atom is -0.547 e. The van der Waals surface area contributed by atoms with E-state index >= 15 is 0 Å². The Bertz CT molecular complexity index is 607. The van der Waals surface area contributed by atoms with Crippen LogP contribution in [0.2, 0.25) is 19.6 Å². The number of hydrogen-bond acceptors (Lipinski definition) is 3. The van der Waals surface area contributed by atoms with Crippen LogP contribution in [-0.2, 0) is 14.0 Å². The van der Waals surface area contributed by atoms with Crippen LogP contribution in [-0.4, -0.2) is 20.4 Å². The predicted octanol–water partition coefficient (Wildman–Crippen LogP) is 5.99. The Labute approximate surface area is 160 Å². The number of allylic oxidation sites excluding steroid dienone is 6. The molecule has 0 bridgehead atoms. The van der Waals surface area contributed by atoms with Crippen molar-refractivity contribution in [2.75, 3.05) is 0 Å². The Morgan fingerprint density at radius 1 is 1.27 bits per heavy atom. The first-order valence-electron chi connectivity index (χ1n) is 9.68. The van der Waals surface area contributed by atoms with Gasteiger partial charge in [0.05, 0.1) is 5.76 Å². The molecule has 0 aromatic heterocycles. The van der Waals surface area contributed by atoms with Crippen molar-refractivity contribution in [1.29, 1.82) is 0 Å². The molecule has 0 amide bonds. The van der Waals surface area contributed by atoms with Gasteiger partial charge in [-0.05, 0) is 71.2 Å². The fourth-order valence-corrected chi connectivity index (χ4v) is 4.21. The largest absolute Gasteiger partial charge is 0.547 e. The van der Waals surface area contributed by atoms with Gasteiger partial charge in [0.2, 0.25) is 8.32 Å². The molecule has 4 heteroatoms. The summed E-state index contributed by atoms with van der Waals surface area (Å²) in [6.07, 6.45) is 11.0. The number of rotatable bonds is 9. The maximum atomic E-state index is 12.8. The molecular formula is C22H36O3Si. The molecule has 2 atom stereocenters. The highest BCUT2D eigenvalue weighted by molar-refractivity contribution is 6.70. The van der Waals surface area contributed by atoms with E-state index in [0.29, 0.717) is 0 Å². The van der Waals surface area contributed by atoms with Crippen LogP contribution >= 0.6 is 0 Å². The van der Waals surface area contributed by atoms with Gasteiger partial charge in [0.15, 0.2) is 5.78 Å². The van der Waals surface area contributed by atoms with Crippen molar-refractivity contribution in [3.63, 3.8) is 0 Å². The fourth-order valence-electron chi connectivity index (χ4n) is 3.28. The summed E-state index contributed by atoms with van der Waals surface area (Å²) in [5.41, 5.74) is 2.11. The van der Waals surface area contributed by atoms with Crippen molar-refractivity contribution in [1.82, 2.24) is 0 Å². The van der Waals surface area contributed by atoms with Crippen molar-refractivity contribution in [3.05, 3.63) is 35.1 Å². The van der Waals surface area contributed by atoms with E-state index < -0.39 is 8.32 Å². The summed E-state index contributed by atoms with van der Waals surface area (Å²) in [6, 6.07) is 0. The number of aldehydes is 1. The van der Waals surface area contributed by atoms with Gasteiger partial charge < -0.3 is 4.43 Å². The summed E-state index contributed by atoms with van der Waals surface area (Å²) in [6.45, 7) is 14.8. The van der Waals surface area contributed by atoms with Crippen LogP contribution in [0.25, 0.3) is 0 Å². The first kappa shape index (κ1) is 22.6. The second-order valence-electron chi connectivity index (χ2n) is 8.95. The van der Waals surface area contributed by atoms with Gasteiger partial charge in [-0.25, -0.2) is 0 Å². The van der Waals surface area contributed by atoms with Crippen molar-refractivity contribution in [2.45, 2.75) is 79.4 Å². The highest BCUT2D eigenvalue weighted by Gasteiger charge is 2.41. The van der Waals surface area contributed by atoms with Crippen LogP contribution in [0.3, 0.4) is 0 Å². The van der Waals surface area contributed by atoms with Crippen LogP contribution in [0.5, 0.6) is 0 Å². The van der Waals surface area contributed by atoms with Crippen molar-refractivity contribution in [2.24, 2.45) is 11.3 Å². The van der Waals surface area contributed by atoms with Crippen LogP contribution in [0.4, 0.5) is 0 Å². The molecule has 0 aliphatic heterocycles. The number of hydrogen-bond donors (Lipinski definition) is 0. The monoisotopic (exact) mass is 376 g/mol. The summed E-state index contributed by atoms with van der Waals surface area (Å²) in [4.78, 5) is 23.3. The molecule has 0 unspecified atom stereocenters. The Morgan fingerprint density at radius 3 is 2.46 bits per heavy atom. The van der Waals surface area contributed by atoms with E-state index in [4.69, 9.17) is 4.43 Å². The molecule has 0 aromatic carbocycles. The van der Waals surface area contributed by atoms with E-state index in [1.54, 1.807) is 12.2 Å². The Balaban J connectivity index is 2.67. The molecule has 0 fully saturated rings. The van der Waals surface area contributed by atoms with Gasteiger partial charge in [-0.2, -0.15) is 0 Å². The lowest BCUT2D eigenvalue weighted by Crippen LogP contribution is -2.39. The summed E-state index contributed by atoms with van der Waals surface area (Å²) in [5, 5.41) is 0. The van der Waals surface area contributed by atoms with E-state index in [-0.39, 0.29) is 17.1 Å². The molecule has 146 valence electrons. The van der Waals surface area contributed by atoms with Crippen molar-refractivity contribution >= 4 is 20.4 Å². The van der Waals surface area contributed by atoms with Gasteiger partial charge >= 0.3 is 0 Å². The van der Waals surface area contributed by atoms with E-state index in [2.05, 4.69) is 46.5 Å². The van der Waals surface area contributed by atoms with Gasteiger partial charge in [-0.1, -0.05) is 31.1 Å². The van der Waals surface area contributed by atoms with Crippen LogP contribution in [0.15, 0.2) is 35.1 Å². The lowest BCUT2D eigenvalue weighted by molar-refractivity contribution is -0.127. The molecule has 0 aromatic rings. The summed E-state index contributed by atoms with van der Waals surface area (Å²) in [7, 11) is -1.67. The molecule has 1 aliphatic carbocycles. The first-order chi connectivity index (χ1) is 12.0. The number of ketones is 1. The average Bonchev–Trinajstić information content (AvgIpc) is 2.49. The SMILES string of the molecule is C/C(=C\C=O)CC/C=C(\C)CC[C@]1(C)C(=O)C=C(O[Si](C)(C)C)C[C@H]1C. The molecular weight excluding hydrogens is 340 g/mol. The molecule has 26 heavy (non-hydrogen) atoms. The van der Waals surface area contributed by atoms with E-state index in [1.807, 2.05) is 6.92 Å². The first-order valence-corrected chi connectivity index (χ1v) is 13.1. The topological polar surface area (TPSA) is 43.4 Å². The van der Waals surface area contributed by atoms with Gasteiger partial charge in [-0.15, -0.1) is 0 Å². The normalized spacial score (nSPS) is 25.1. The minimum absolute atomic E-state index is 0.210. The van der Waals surface area contributed by atoms with Crippen LogP contribution in [0, 0.1) is 11.3 Å². The zero-order chi connectivity index (χ0) is 20.0. The average molecular weight is 377 g/mol. The van der Waals surface area contributed by atoms with Crippen LogP contribution < -0.4 is 0 Å². The molecule has 1 aliphatic rings. The quantitative estimate of drug-likeness (QED) is 0.215. The standard InChI is InChI=1S/C22H36O3Si/c1-17(9-8-10-18(2)12-14-23)11-13-22(4)19(3)15-20(16-21(22)24)25-26(5,6)7/h9,12,14,16,19H,8,10-11,13,15H2,1-7H3/b17-9+,18-12+/t19-,22+/m1/s1. The van der Waals surface area contributed by atoms with E-state index in [9.17, 15) is 9.59 Å². The lowest BCUT2D eigenvalue weighted by atomic mass is 9.66. The second-order valence-corrected chi connectivity index (χ2v) is 13.4. The van der Waals surface area contributed by atoms with Crippen molar-refractivity contribution < 1.29 is 14.0 Å². The third kappa shape index (κ3) is 7.06. The Morgan fingerprint density at radius 2 is 1.92 bits per heavy atom. The third-order valence-electron chi connectivity index (χ3n) is 5.31. The number of carbonyl (C=O) groups excluding carboxylic acids is 2. The second kappa shape index (κ2) is 9.49. The summed E-state index contributed by atoms with van der Waals surface area (Å²) < 4.78 is 6.07. The zero-order valence-corrected chi connectivity index (χ0v) is 18.6. The summed E-state index contributed by atoms with van der Waals surface area (Å²) >= 11 is 0. The smallest absolute Gasteiger partial charge is 0.241 e. The Kier molecular flexibility index (Phi) is 8.26. The predicted molar refractivity (Wildman–Crippen MR) is 111 cm³/mol. The van der Waals surface area contributed by atoms with E-state index in [1.165, 1.54) is 5.57 Å². The highest BCUT2D eigenvalue weighted by Crippen LogP contribution is 2.42. The van der Waals surface area contributed by atoms with E-state index in [0.717, 1.165) is 49.7 Å². The maximum Gasteiger partial charge on any atom is 0.241 e. The maximum absolute atomic E-state index is 12.8. The number of carbonyl (C=O) groups is 2. The minimum atomic E-state index is -1.67. The van der Waals surface area contributed by atoms with Gasteiger partial charge in [-0.3, -0.25) is 9.59 Å². The fraction of sp³-hybridized carbons (Fsp3) is 0.636. The molecule has 0 spiro atoms. The van der Waals surface area contributed by atoms with Crippen LogP contribution in [0.1, 0.15) is 59.8 Å². The highest BCUT2D eigenvalue weighted by atomic mass is 28.4. The third-order valence-corrected chi connectivity index (χ3v) is 6.18. The van der Waals surface area contributed by atoms with Gasteiger partial charge in [0.25, 0.3) is 0 Å². The summed E-state index contributed by atoms with van der Waals surface area (Å²) in [5.74, 6) is 1.38. The zero-order valence-electron chi connectivity index (χ0n) is 17.6. The Hall–Kier alpha value is -1.42. The molecule has 1 rings (SSSR count). The molecule has 0 heterocycles. The molecule has 0 N–H and O–H groups in total. The lowest BCUT2D eigenvalue weighted by Gasteiger charge is -2.39. The van der Waals surface area contributed by atoms with Gasteiger partial charge in [0, 0.05) is 17.9 Å². The molecule has 3 nitrogen and oxygen atoms in total. The molecule has 0 saturated carbocycles. The van der Waals surface area contributed by atoms with Crippen molar-refractivity contribution in [3.8, 4) is 0 Å². The molecule has 0 saturated heterocycles.